The molecule has 0 amide bonds. The number of hydrogen-bond donors (Lipinski definition) is 0. The maximum Gasteiger partial charge on any atom is 0.350 e. The smallest absolute Gasteiger partial charge is 0.350 e. The summed E-state index contributed by atoms with van der Waals surface area (Å²) in [5.74, 6) is -6.20. The van der Waals surface area contributed by atoms with Gasteiger partial charge in [0.2, 0.25) is 23.9 Å². The number of carbonyl (C=O) groups excluding carboxylic acids is 14. The molecule has 7 aliphatic heterocycles. The fourth-order valence-electron chi connectivity index (χ4n) is 8.43. The molecule has 29 nitrogen and oxygen atoms in total. The minimum absolute atomic E-state index is 0.0339. The van der Waals surface area contributed by atoms with E-state index in [1.807, 2.05) is 104 Å². The Kier molecular flexibility index (Phi) is 36.5. The summed E-state index contributed by atoms with van der Waals surface area (Å²) < 4.78 is 75.3. The Hall–Kier alpha value is -7.46. The van der Waals surface area contributed by atoms with Crippen LogP contribution < -0.4 is 0 Å². The van der Waals surface area contributed by atoms with Gasteiger partial charge in [0.25, 0.3) is 5.79 Å². The van der Waals surface area contributed by atoms with Crippen molar-refractivity contribution in [1.82, 2.24) is 0 Å². The van der Waals surface area contributed by atoms with Crippen LogP contribution in [0.25, 0.3) is 0 Å². The molecule has 0 aromatic heterocycles. The maximum absolute atomic E-state index is 11.9. The first-order valence-electron chi connectivity index (χ1n) is 36.7. The van der Waals surface area contributed by atoms with Gasteiger partial charge in [-0.3, -0.25) is 47.9 Å². The average molecular weight is 1520 g/mol. The summed E-state index contributed by atoms with van der Waals surface area (Å²) in [6.07, 6.45) is 4.34. The quantitative estimate of drug-likeness (QED) is 0.0552. The number of esters is 14. The van der Waals surface area contributed by atoms with Crippen molar-refractivity contribution < 1.29 is 138 Å². The van der Waals surface area contributed by atoms with Crippen LogP contribution in [0, 0.1) is 43.3 Å². The summed E-state index contributed by atoms with van der Waals surface area (Å²) in [4.78, 5) is 160. The standard InChI is InChI=1S/2C12H20O4.C11H18O5.2C11H18O4.2C10H16O4/c1-6-11(2,3)10(14)16-8-9(13)15-7-12(8,4)5;1-5-11(2,3)10(14)16-12(4)6-7-15-9(13)8-12;1-5-10(2,3)9(13)16-11(14-4)6-8(12)15-7-11;1-5-10(2,3)8(12)15-11(4)6-7-14-9(11)13;1-5-11(3,4)10(13)15-8-6-7(2)14-9(8)12;1-4-10(2,3)9(12)14-7-5-8(11)13-6-7;1-4-10(2,3)9(12)14-7-5-6-13-8(7)11/h8H,6-7H2,1-5H3;5-8H2,1-4H3;5-7H2,1-4H3;5-7H2,1-4H3;7-8H,5-6H2,1-4H3;2*7H,4-6H2,1-3H3. The van der Waals surface area contributed by atoms with Crippen LogP contribution in [0.15, 0.2) is 0 Å². The van der Waals surface area contributed by atoms with E-state index in [0.29, 0.717) is 97.1 Å². The van der Waals surface area contributed by atoms with Gasteiger partial charge in [-0.1, -0.05) is 62.3 Å². The van der Waals surface area contributed by atoms with Gasteiger partial charge in [0.1, 0.15) is 37.4 Å². The highest BCUT2D eigenvalue weighted by molar-refractivity contribution is 5.87. The third-order valence-electron chi connectivity index (χ3n) is 20.2. The van der Waals surface area contributed by atoms with Gasteiger partial charge in [0, 0.05) is 38.2 Å². The van der Waals surface area contributed by atoms with Gasteiger partial charge in [0.15, 0.2) is 6.61 Å². The molecular weight excluding hydrogens is 1390 g/mol. The highest BCUT2D eigenvalue weighted by Gasteiger charge is 2.50. The van der Waals surface area contributed by atoms with Crippen LogP contribution in [0.4, 0.5) is 0 Å². The summed E-state index contributed by atoms with van der Waals surface area (Å²) >= 11 is 0. The summed E-state index contributed by atoms with van der Waals surface area (Å²) in [5.41, 5.74) is -5.94. The summed E-state index contributed by atoms with van der Waals surface area (Å²) in [6, 6.07) is 0. The van der Waals surface area contributed by atoms with E-state index in [-0.39, 0.29) is 98.4 Å². The van der Waals surface area contributed by atoms with E-state index in [1.165, 1.54) is 7.11 Å². The van der Waals surface area contributed by atoms with Gasteiger partial charge in [-0.2, -0.15) is 0 Å². The lowest BCUT2D eigenvalue weighted by atomic mass is 9.88. The minimum Gasteiger partial charge on any atom is -0.465 e. The van der Waals surface area contributed by atoms with Crippen molar-refractivity contribution in [2.45, 2.75) is 317 Å². The topological polar surface area (TPSA) is 377 Å². The Labute approximate surface area is 626 Å². The summed E-state index contributed by atoms with van der Waals surface area (Å²) in [7, 11) is 1.40. The second kappa shape index (κ2) is 40.1. The van der Waals surface area contributed by atoms with E-state index in [0.717, 1.165) is 0 Å². The van der Waals surface area contributed by atoms with E-state index in [4.69, 9.17) is 71.1 Å². The van der Waals surface area contributed by atoms with Crippen molar-refractivity contribution in [3.8, 4) is 0 Å². The zero-order valence-electron chi connectivity index (χ0n) is 68.4. The van der Waals surface area contributed by atoms with Crippen molar-refractivity contribution in [3.63, 3.8) is 0 Å². The molecule has 7 rings (SSSR count). The Bertz CT molecular complexity index is 3060. The molecule has 7 saturated heterocycles. The van der Waals surface area contributed by atoms with Crippen LogP contribution in [0.3, 0.4) is 0 Å². The first kappa shape index (κ1) is 96.6. The lowest BCUT2D eigenvalue weighted by molar-refractivity contribution is -0.227. The van der Waals surface area contributed by atoms with Gasteiger partial charge in [-0.05, 0) is 163 Å². The maximum atomic E-state index is 11.9. The normalized spacial score (nSPS) is 24.6. The Morgan fingerprint density at radius 1 is 0.425 bits per heavy atom. The molecular formula is C77H126O29. The Balaban J connectivity index is 0.000000619. The van der Waals surface area contributed by atoms with Crippen molar-refractivity contribution in [2.75, 3.05) is 46.8 Å². The first-order valence-corrected chi connectivity index (χ1v) is 36.7. The SMILES string of the molecule is CCC(C)(C)C(=O)OC1(C)CCOC(=O)C1.CCC(C)(C)C(=O)OC1(C)CCOC1=O.CCC(C)(C)C(=O)OC1(OC)COC(=O)C1.CCC(C)(C)C(=O)OC1C(=O)OCC1(C)C.CCC(C)(C)C(=O)OC1CC(C)OC1=O.CCC(C)(C)C(=O)OC1CCOC1=O.CCC(C)(C)C(=O)OC1COC(=O)C1. The van der Waals surface area contributed by atoms with E-state index in [9.17, 15) is 67.1 Å². The molecule has 0 N–H and O–H groups in total. The van der Waals surface area contributed by atoms with Crippen LogP contribution in [0.2, 0.25) is 0 Å². The van der Waals surface area contributed by atoms with Gasteiger partial charge in [-0.15, -0.1) is 0 Å². The minimum atomic E-state index is -1.24. The fourth-order valence-corrected chi connectivity index (χ4v) is 8.43. The molecule has 0 aliphatic carbocycles. The molecule has 8 atom stereocenters. The lowest BCUT2D eigenvalue weighted by Crippen LogP contribution is -2.43. The number of methoxy groups -OCH3 is 1. The highest BCUT2D eigenvalue weighted by Crippen LogP contribution is 2.37. The predicted octanol–water partition coefficient (Wildman–Crippen LogP) is 11.1. The number of rotatable bonds is 22. The van der Waals surface area contributed by atoms with Crippen molar-refractivity contribution in [3.05, 3.63) is 0 Å². The summed E-state index contributed by atoms with van der Waals surface area (Å²) in [6.45, 7) is 49.2. The van der Waals surface area contributed by atoms with Crippen LogP contribution in [0.1, 0.15) is 270 Å². The summed E-state index contributed by atoms with van der Waals surface area (Å²) in [5, 5.41) is 0. The molecule has 7 aliphatic rings. The van der Waals surface area contributed by atoms with E-state index >= 15 is 0 Å². The zero-order chi connectivity index (χ0) is 82.2. The van der Waals surface area contributed by atoms with E-state index < -0.39 is 108 Å². The highest BCUT2D eigenvalue weighted by atomic mass is 16.7. The first-order chi connectivity index (χ1) is 48.4. The van der Waals surface area contributed by atoms with Crippen LogP contribution in [-0.4, -0.2) is 178 Å². The molecule has 608 valence electrons. The molecule has 106 heavy (non-hydrogen) atoms. The fraction of sp³-hybridized carbons (Fsp3) is 0.818. The second-order valence-electron chi connectivity index (χ2n) is 33.0. The molecule has 0 saturated carbocycles. The lowest BCUT2D eigenvalue weighted by Gasteiger charge is -2.35. The molecule has 0 radical (unpaired) electrons. The molecule has 0 bridgehead atoms. The van der Waals surface area contributed by atoms with Gasteiger partial charge < -0.3 is 71.1 Å². The Morgan fingerprint density at radius 2 is 0.849 bits per heavy atom. The number of hydrogen-bond acceptors (Lipinski definition) is 29. The second-order valence-corrected chi connectivity index (χ2v) is 33.0. The van der Waals surface area contributed by atoms with E-state index in [1.54, 1.807) is 76.2 Å². The predicted molar refractivity (Wildman–Crippen MR) is 380 cm³/mol. The van der Waals surface area contributed by atoms with E-state index in [2.05, 4.69) is 0 Å². The molecule has 8 unspecified atom stereocenters. The monoisotopic (exact) mass is 1510 g/mol. The number of ether oxygens (including phenoxy) is 15. The van der Waals surface area contributed by atoms with Crippen LogP contribution >= 0.6 is 0 Å². The molecule has 0 spiro atoms. The van der Waals surface area contributed by atoms with Crippen molar-refractivity contribution in [1.29, 1.82) is 0 Å². The number of carbonyl (C=O) groups is 14. The molecule has 29 heteroatoms. The zero-order valence-corrected chi connectivity index (χ0v) is 68.4. The third-order valence-corrected chi connectivity index (χ3v) is 20.2. The van der Waals surface area contributed by atoms with Gasteiger partial charge in [-0.25, -0.2) is 19.2 Å². The van der Waals surface area contributed by atoms with Crippen LogP contribution in [-0.2, 0) is 138 Å². The van der Waals surface area contributed by atoms with Crippen molar-refractivity contribution in [2.24, 2.45) is 43.3 Å². The van der Waals surface area contributed by atoms with Crippen molar-refractivity contribution >= 4 is 83.6 Å². The largest absolute Gasteiger partial charge is 0.465 e. The molecule has 0 aromatic carbocycles. The molecule has 0 aromatic rings. The average Bonchev–Trinajstić information content (AvgIpc) is 1.61. The van der Waals surface area contributed by atoms with Crippen LogP contribution in [0.5, 0.6) is 0 Å². The van der Waals surface area contributed by atoms with Gasteiger partial charge >= 0.3 is 83.6 Å². The molecule has 7 heterocycles. The Morgan fingerprint density at radius 3 is 1.21 bits per heavy atom. The third kappa shape index (κ3) is 29.6. The van der Waals surface area contributed by atoms with Gasteiger partial charge in [0.05, 0.1) is 70.6 Å². The number of cyclic esters (lactones) is 7. The molecule has 7 fully saturated rings.